The lowest BCUT2D eigenvalue weighted by atomic mass is 9.90. The predicted molar refractivity (Wildman–Crippen MR) is 108 cm³/mol. The van der Waals surface area contributed by atoms with Gasteiger partial charge in [-0.15, -0.1) is 0 Å². The fourth-order valence-corrected chi connectivity index (χ4v) is 3.94. The van der Waals surface area contributed by atoms with E-state index in [1.165, 1.54) is 18.3 Å². The lowest BCUT2D eigenvalue weighted by Gasteiger charge is -2.35. The number of nitrogens with one attached hydrogen (secondary N) is 2. The van der Waals surface area contributed by atoms with E-state index in [-0.39, 0.29) is 28.9 Å². The van der Waals surface area contributed by atoms with Crippen molar-refractivity contribution in [3.8, 4) is 0 Å². The third-order valence-corrected chi connectivity index (χ3v) is 5.36. The number of pyridine rings is 1. The van der Waals surface area contributed by atoms with Gasteiger partial charge in [0.2, 0.25) is 0 Å². The van der Waals surface area contributed by atoms with E-state index < -0.39 is 28.9 Å². The third-order valence-electron chi connectivity index (χ3n) is 4.63. The molecule has 2 amide bonds. The Kier molecular flexibility index (Phi) is 8.24. The first kappa shape index (κ1) is 23.4. The number of alkyl halides is 2. The molecule has 9 heteroatoms. The summed E-state index contributed by atoms with van der Waals surface area (Å²) in [6.45, 7) is 5.56. The molecule has 0 radical (unpaired) electrons. The zero-order chi connectivity index (χ0) is 21.5. The summed E-state index contributed by atoms with van der Waals surface area (Å²) in [6, 6.07) is 3.00. The highest BCUT2D eigenvalue weighted by atomic mass is 32.2. The Labute approximate surface area is 174 Å². The second-order valence-corrected chi connectivity index (χ2v) is 9.22. The molecule has 2 rings (SSSR count). The molecule has 0 unspecified atom stereocenters. The van der Waals surface area contributed by atoms with E-state index in [2.05, 4.69) is 15.6 Å². The number of rotatable bonds is 6. The Bertz CT molecular complexity index is 702. The van der Waals surface area contributed by atoms with Gasteiger partial charge in [0.25, 0.3) is 11.7 Å². The summed E-state index contributed by atoms with van der Waals surface area (Å²) in [4.78, 5) is 29.0. The minimum Gasteiger partial charge on any atom is -0.444 e. The first-order chi connectivity index (χ1) is 13.6. The number of hydrogen-bond donors (Lipinski definition) is 2. The monoisotopic (exact) mass is 429 g/mol. The summed E-state index contributed by atoms with van der Waals surface area (Å²) in [5, 5.41) is 5.76. The number of aromatic nitrogens is 1. The molecule has 1 heterocycles. The average Bonchev–Trinajstić information content (AvgIpc) is 2.84. The largest absolute Gasteiger partial charge is 0.444 e. The zero-order valence-corrected chi connectivity index (χ0v) is 17.9. The van der Waals surface area contributed by atoms with Gasteiger partial charge in [0.1, 0.15) is 10.6 Å². The number of alkyl carbamates (subject to hydrolysis) is 1. The normalized spacial score (nSPS) is 16.8. The number of carbonyl (C=O) groups excluding carboxylic acids is 2. The molecule has 0 aliphatic heterocycles. The molecule has 0 bridgehead atoms. The van der Waals surface area contributed by atoms with E-state index in [1.54, 1.807) is 20.8 Å². The first-order valence-corrected chi connectivity index (χ1v) is 10.7. The summed E-state index contributed by atoms with van der Waals surface area (Å²) in [5.74, 6) is -3.16. The molecule has 2 N–H and O–H groups in total. The van der Waals surface area contributed by atoms with Gasteiger partial charge in [0, 0.05) is 12.7 Å². The molecule has 6 nitrogen and oxygen atoms in total. The lowest BCUT2D eigenvalue weighted by Crippen LogP contribution is -2.56. The first-order valence-electron chi connectivity index (χ1n) is 9.79. The number of nitrogens with zero attached hydrogens (tertiary/aromatic N) is 1. The lowest BCUT2D eigenvalue weighted by molar-refractivity contribution is 0.0437. The van der Waals surface area contributed by atoms with Crippen LogP contribution < -0.4 is 10.6 Å². The quantitative estimate of drug-likeness (QED) is 0.504. The average molecular weight is 430 g/mol. The van der Waals surface area contributed by atoms with E-state index in [0.717, 1.165) is 25.7 Å². The van der Waals surface area contributed by atoms with Crippen molar-refractivity contribution in [1.82, 2.24) is 15.6 Å². The summed E-state index contributed by atoms with van der Waals surface area (Å²) in [5.41, 5.74) is -1.16. The van der Waals surface area contributed by atoms with Crippen molar-refractivity contribution in [3.05, 3.63) is 23.9 Å². The number of halogens is 2. The second-order valence-electron chi connectivity index (χ2n) is 8.24. The van der Waals surface area contributed by atoms with E-state index in [9.17, 15) is 18.4 Å². The smallest absolute Gasteiger partial charge is 0.408 e. The van der Waals surface area contributed by atoms with E-state index in [0.29, 0.717) is 12.8 Å². The van der Waals surface area contributed by atoms with Crippen LogP contribution in [0.1, 0.15) is 69.7 Å². The zero-order valence-electron chi connectivity index (χ0n) is 17.1. The van der Waals surface area contributed by atoms with Gasteiger partial charge in [-0.05, 0) is 57.5 Å². The second kappa shape index (κ2) is 10.2. The summed E-state index contributed by atoms with van der Waals surface area (Å²) in [6.07, 6.45) is 6.22. The van der Waals surface area contributed by atoms with Crippen LogP contribution in [0.4, 0.5) is 13.6 Å². The van der Waals surface area contributed by atoms with Crippen LogP contribution in [0.5, 0.6) is 0 Å². The SMILES string of the molecule is CC(C)(C)OC(=O)NC1(CNC(=O)c2cccnc2SC(F)F)CCCCCC1. The Balaban J connectivity index is 2.11. The van der Waals surface area contributed by atoms with Crippen molar-refractivity contribution in [2.45, 2.75) is 81.2 Å². The Hall–Kier alpha value is -1.90. The topological polar surface area (TPSA) is 80.3 Å². The Morgan fingerprint density at radius 3 is 2.48 bits per heavy atom. The predicted octanol–water partition coefficient (Wildman–Crippen LogP) is 4.74. The minimum atomic E-state index is -2.67. The van der Waals surface area contributed by atoms with Crippen molar-refractivity contribution in [2.24, 2.45) is 0 Å². The van der Waals surface area contributed by atoms with Gasteiger partial charge in [0.05, 0.1) is 11.1 Å². The molecule has 1 aromatic heterocycles. The molecule has 0 atom stereocenters. The van der Waals surface area contributed by atoms with Crippen molar-refractivity contribution in [1.29, 1.82) is 0 Å². The number of hydrogen-bond acceptors (Lipinski definition) is 5. The van der Waals surface area contributed by atoms with Crippen LogP contribution >= 0.6 is 11.8 Å². The van der Waals surface area contributed by atoms with Crippen molar-refractivity contribution < 1.29 is 23.1 Å². The number of carbonyl (C=O) groups is 2. The van der Waals surface area contributed by atoms with Gasteiger partial charge < -0.3 is 15.4 Å². The highest BCUT2D eigenvalue weighted by Crippen LogP contribution is 2.29. The van der Waals surface area contributed by atoms with Crippen LogP contribution in [0, 0.1) is 0 Å². The van der Waals surface area contributed by atoms with Gasteiger partial charge in [0.15, 0.2) is 0 Å². The highest BCUT2D eigenvalue weighted by Gasteiger charge is 2.35. The number of thioether (sulfide) groups is 1. The van der Waals surface area contributed by atoms with Gasteiger partial charge in [-0.3, -0.25) is 4.79 Å². The Morgan fingerprint density at radius 1 is 1.24 bits per heavy atom. The molecule has 1 aliphatic rings. The molecule has 0 saturated heterocycles. The van der Waals surface area contributed by atoms with Crippen molar-refractivity contribution >= 4 is 23.8 Å². The van der Waals surface area contributed by atoms with Crippen molar-refractivity contribution in [2.75, 3.05) is 6.54 Å². The van der Waals surface area contributed by atoms with Crippen LogP contribution in [0.3, 0.4) is 0 Å². The molecule has 1 fully saturated rings. The van der Waals surface area contributed by atoms with Gasteiger partial charge in [-0.2, -0.15) is 8.78 Å². The maximum absolute atomic E-state index is 12.8. The molecule has 0 spiro atoms. The third kappa shape index (κ3) is 7.79. The molecule has 1 aliphatic carbocycles. The number of amides is 2. The fraction of sp³-hybridized carbons (Fsp3) is 0.650. The summed E-state index contributed by atoms with van der Waals surface area (Å²) in [7, 11) is 0. The minimum absolute atomic E-state index is 0.0185. The molecular weight excluding hydrogens is 400 g/mol. The molecular formula is C20H29F2N3O3S. The standard InChI is InChI=1S/C20H29F2N3O3S/c1-19(2,3)28-18(27)25-20(10-6-4-5-7-11-20)13-24-15(26)14-9-8-12-23-16(14)29-17(21)22/h8-9,12,17H,4-7,10-11,13H2,1-3H3,(H,24,26)(H,25,27). The molecule has 162 valence electrons. The number of ether oxygens (including phenoxy) is 1. The fourth-order valence-electron chi connectivity index (χ4n) is 3.36. The molecule has 0 aromatic carbocycles. The van der Waals surface area contributed by atoms with Gasteiger partial charge in [-0.1, -0.05) is 25.7 Å². The van der Waals surface area contributed by atoms with E-state index >= 15 is 0 Å². The maximum Gasteiger partial charge on any atom is 0.408 e. The van der Waals surface area contributed by atoms with Crippen LogP contribution in [0.25, 0.3) is 0 Å². The van der Waals surface area contributed by atoms with Crippen molar-refractivity contribution in [3.63, 3.8) is 0 Å². The molecule has 1 saturated carbocycles. The molecule has 29 heavy (non-hydrogen) atoms. The Morgan fingerprint density at radius 2 is 1.90 bits per heavy atom. The van der Waals surface area contributed by atoms with Crippen LogP contribution in [-0.2, 0) is 4.74 Å². The maximum atomic E-state index is 12.8. The van der Waals surface area contributed by atoms with Crippen LogP contribution in [-0.4, -0.2) is 40.4 Å². The van der Waals surface area contributed by atoms with Gasteiger partial charge in [-0.25, -0.2) is 9.78 Å². The highest BCUT2D eigenvalue weighted by molar-refractivity contribution is 7.99. The van der Waals surface area contributed by atoms with E-state index in [1.807, 2.05) is 0 Å². The van der Waals surface area contributed by atoms with Gasteiger partial charge >= 0.3 is 6.09 Å². The molecule has 1 aromatic rings. The van der Waals surface area contributed by atoms with E-state index in [4.69, 9.17) is 4.74 Å². The van der Waals surface area contributed by atoms with Crippen LogP contribution in [0.15, 0.2) is 23.4 Å². The summed E-state index contributed by atoms with van der Waals surface area (Å²) >= 11 is 0.239. The summed E-state index contributed by atoms with van der Waals surface area (Å²) < 4.78 is 30.9. The van der Waals surface area contributed by atoms with Crippen LogP contribution in [0.2, 0.25) is 0 Å².